The van der Waals surface area contributed by atoms with Gasteiger partial charge < -0.3 is 10.6 Å². The first-order valence-electron chi connectivity index (χ1n) is 7.90. The number of hydrogen-bond donors (Lipinski definition) is 1. The molecule has 1 aliphatic heterocycles. The molecule has 1 amide bonds. The lowest BCUT2D eigenvalue weighted by atomic mass is 10.0. The third kappa shape index (κ3) is 3.35. The lowest BCUT2D eigenvalue weighted by molar-refractivity contribution is -0.384. The van der Waals surface area contributed by atoms with Gasteiger partial charge in [-0.25, -0.2) is 0 Å². The number of nitro benzene ring substituents is 1. The lowest BCUT2D eigenvalue weighted by Gasteiger charge is -2.18. The van der Waals surface area contributed by atoms with Crippen LogP contribution in [0.2, 0.25) is 0 Å². The molecule has 1 fully saturated rings. The van der Waals surface area contributed by atoms with Crippen molar-refractivity contribution in [1.29, 1.82) is 0 Å². The smallest absolute Gasteiger partial charge is 0.293 e. The van der Waals surface area contributed by atoms with Gasteiger partial charge in [0.05, 0.1) is 10.8 Å². The van der Waals surface area contributed by atoms with E-state index in [1.165, 1.54) is 6.07 Å². The van der Waals surface area contributed by atoms with E-state index in [0.29, 0.717) is 30.8 Å². The monoisotopic (exact) mass is 339 g/mol. The Bertz CT molecular complexity index is 835. The molecule has 0 saturated carbocycles. The highest BCUT2D eigenvalue weighted by molar-refractivity contribution is 6.09. The van der Waals surface area contributed by atoms with Crippen LogP contribution >= 0.6 is 0 Å². The summed E-state index contributed by atoms with van der Waals surface area (Å²) in [5, 5.41) is 11.5. The van der Waals surface area contributed by atoms with Crippen LogP contribution in [0.3, 0.4) is 0 Å². The minimum absolute atomic E-state index is 0.146. The maximum atomic E-state index is 12.5. The highest BCUT2D eigenvalue weighted by Gasteiger charge is 2.31. The normalized spacial score (nSPS) is 16.6. The van der Waals surface area contributed by atoms with Crippen molar-refractivity contribution in [2.75, 3.05) is 18.0 Å². The fraction of sp³-hybridized carbons (Fsp3) is 0.222. The van der Waals surface area contributed by atoms with Crippen molar-refractivity contribution < 1.29 is 14.5 Å². The van der Waals surface area contributed by atoms with E-state index in [0.717, 1.165) is 0 Å². The molecule has 1 atom stereocenters. The average Bonchev–Trinajstić information content (AvgIpc) is 3.11. The SMILES string of the molecule is NC(=O)[C@H]1CCN(c2ccc(C(=O)c3ccccc3)cc2[N+](=O)[O-])C1. The van der Waals surface area contributed by atoms with Crippen LogP contribution in [0.15, 0.2) is 48.5 Å². The van der Waals surface area contributed by atoms with E-state index < -0.39 is 10.8 Å². The second kappa shape index (κ2) is 6.72. The van der Waals surface area contributed by atoms with Gasteiger partial charge in [0.15, 0.2) is 5.78 Å². The highest BCUT2D eigenvalue weighted by Crippen LogP contribution is 2.33. The standard InChI is InChI=1S/C18H17N3O4/c19-18(23)14-8-9-20(11-14)15-7-6-13(10-16(15)21(24)25)17(22)12-4-2-1-3-5-12/h1-7,10,14H,8-9,11H2,(H2,19,23)/t14-/m0/s1. The molecule has 128 valence electrons. The molecule has 1 aliphatic rings. The number of ketones is 1. The van der Waals surface area contributed by atoms with Gasteiger partial charge in [-0.15, -0.1) is 0 Å². The minimum atomic E-state index is -0.505. The summed E-state index contributed by atoms with van der Waals surface area (Å²) in [6.07, 6.45) is 0.567. The number of anilines is 1. The summed E-state index contributed by atoms with van der Waals surface area (Å²) in [5.74, 6) is -0.988. The fourth-order valence-electron chi connectivity index (χ4n) is 3.05. The molecular formula is C18H17N3O4. The number of carbonyl (C=O) groups excluding carboxylic acids is 2. The summed E-state index contributed by atoms with van der Waals surface area (Å²) in [6, 6.07) is 13.1. The number of hydrogen-bond acceptors (Lipinski definition) is 5. The summed E-state index contributed by atoms with van der Waals surface area (Å²) in [5.41, 5.74) is 6.30. The molecule has 0 unspecified atom stereocenters. The van der Waals surface area contributed by atoms with Crippen LogP contribution in [-0.4, -0.2) is 29.7 Å². The van der Waals surface area contributed by atoms with Gasteiger partial charge in [0.1, 0.15) is 5.69 Å². The Labute approximate surface area is 144 Å². The zero-order valence-corrected chi connectivity index (χ0v) is 13.4. The summed E-state index contributed by atoms with van der Waals surface area (Å²) in [7, 11) is 0. The Morgan fingerprint density at radius 2 is 1.84 bits per heavy atom. The van der Waals surface area contributed by atoms with E-state index in [1.54, 1.807) is 47.4 Å². The van der Waals surface area contributed by atoms with Crippen molar-refractivity contribution in [3.05, 3.63) is 69.8 Å². The second-order valence-electron chi connectivity index (χ2n) is 5.99. The molecule has 2 aromatic carbocycles. The third-order valence-electron chi connectivity index (χ3n) is 4.40. The maximum Gasteiger partial charge on any atom is 0.293 e. The van der Waals surface area contributed by atoms with Crippen LogP contribution in [0.4, 0.5) is 11.4 Å². The Balaban J connectivity index is 1.93. The molecule has 1 heterocycles. The molecule has 7 nitrogen and oxygen atoms in total. The predicted molar refractivity (Wildman–Crippen MR) is 92.5 cm³/mol. The molecule has 7 heteroatoms. The predicted octanol–water partition coefficient (Wildman–Crippen LogP) is 2.14. The molecule has 1 saturated heterocycles. The molecular weight excluding hydrogens is 322 g/mol. The number of amides is 1. The van der Waals surface area contributed by atoms with Gasteiger partial charge in [0.2, 0.25) is 5.91 Å². The van der Waals surface area contributed by atoms with Crippen molar-refractivity contribution in [2.24, 2.45) is 11.7 Å². The second-order valence-corrected chi connectivity index (χ2v) is 5.99. The number of benzene rings is 2. The first kappa shape index (κ1) is 16.6. The van der Waals surface area contributed by atoms with Gasteiger partial charge in [0, 0.05) is 30.3 Å². The van der Waals surface area contributed by atoms with E-state index >= 15 is 0 Å². The van der Waals surface area contributed by atoms with Crippen LogP contribution in [0, 0.1) is 16.0 Å². The summed E-state index contributed by atoms with van der Waals surface area (Å²) in [4.78, 5) is 36.6. The number of carbonyl (C=O) groups is 2. The molecule has 0 aliphatic carbocycles. The zero-order chi connectivity index (χ0) is 18.0. The number of nitrogens with two attached hydrogens (primary N) is 1. The van der Waals surface area contributed by atoms with Gasteiger partial charge in [-0.05, 0) is 18.6 Å². The van der Waals surface area contributed by atoms with Crippen molar-refractivity contribution in [2.45, 2.75) is 6.42 Å². The summed E-state index contributed by atoms with van der Waals surface area (Å²) in [6.45, 7) is 0.864. The van der Waals surface area contributed by atoms with E-state index in [4.69, 9.17) is 5.73 Å². The van der Waals surface area contributed by atoms with Gasteiger partial charge in [-0.3, -0.25) is 19.7 Å². The molecule has 3 rings (SSSR count). The van der Waals surface area contributed by atoms with E-state index in [2.05, 4.69) is 0 Å². The van der Waals surface area contributed by atoms with Gasteiger partial charge in [-0.2, -0.15) is 0 Å². The average molecular weight is 339 g/mol. The number of primary amides is 1. The summed E-state index contributed by atoms with van der Waals surface area (Å²) >= 11 is 0. The molecule has 0 bridgehead atoms. The van der Waals surface area contributed by atoms with Crippen LogP contribution in [0.5, 0.6) is 0 Å². The number of rotatable bonds is 5. The van der Waals surface area contributed by atoms with Gasteiger partial charge in [-0.1, -0.05) is 30.3 Å². The Hall–Kier alpha value is -3.22. The number of nitrogens with zero attached hydrogens (tertiary/aromatic N) is 2. The maximum absolute atomic E-state index is 12.5. The molecule has 2 aromatic rings. The Kier molecular flexibility index (Phi) is 4.47. The van der Waals surface area contributed by atoms with Gasteiger partial charge >= 0.3 is 0 Å². The highest BCUT2D eigenvalue weighted by atomic mass is 16.6. The van der Waals surface area contributed by atoms with E-state index in [9.17, 15) is 19.7 Å². The first-order chi connectivity index (χ1) is 12.0. The Morgan fingerprint density at radius 1 is 1.12 bits per heavy atom. The van der Waals surface area contributed by atoms with Crippen LogP contribution < -0.4 is 10.6 Å². The van der Waals surface area contributed by atoms with Crippen molar-refractivity contribution in [3.8, 4) is 0 Å². The van der Waals surface area contributed by atoms with Crippen LogP contribution in [-0.2, 0) is 4.79 Å². The molecule has 0 aromatic heterocycles. The summed E-state index contributed by atoms with van der Waals surface area (Å²) < 4.78 is 0. The molecule has 0 spiro atoms. The molecule has 0 radical (unpaired) electrons. The molecule has 2 N–H and O–H groups in total. The largest absolute Gasteiger partial charge is 0.369 e. The first-order valence-corrected chi connectivity index (χ1v) is 7.90. The van der Waals surface area contributed by atoms with Gasteiger partial charge in [0.25, 0.3) is 5.69 Å². The number of nitro groups is 1. The van der Waals surface area contributed by atoms with E-state index in [-0.39, 0.29) is 23.0 Å². The van der Waals surface area contributed by atoms with Crippen molar-refractivity contribution >= 4 is 23.1 Å². The quantitative estimate of drug-likeness (QED) is 0.510. The lowest BCUT2D eigenvalue weighted by Crippen LogP contribution is -2.27. The van der Waals surface area contributed by atoms with Crippen molar-refractivity contribution in [3.63, 3.8) is 0 Å². The topological polar surface area (TPSA) is 107 Å². The van der Waals surface area contributed by atoms with E-state index in [1.807, 2.05) is 0 Å². The molecule has 25 heavy (non-hydrogen) atoms. The fourth-order valence-corrected chi connectivity index (χ4v) is 3.05. The third-order valence-corrected chi connectivity index (χ3v) is 4.40. The van der Waals surface area contributed by atoms with Crippen molar-refractivity contribution in [1.82, 2.24) is 0 Å². The van der Waals surface area contributed by atoms with Crippen LogP contribution in [0.25, 0.3) is 0 Å². The Morgan fingerprint density at radius 3 is 2.44 bits per heavy atom. The zero-order valence-electron chi connectivity index (χ0n) is 13.4. The van der Waals surface area contributed by atoms with Crippen LogP contribution in [0.1, 0.15) is 22.3 Å². The minimum Gasteiger partial charge on any atom is -0.369 e.